The first-order valence-electron chi connectivity index (χ1n) is 6.41. The first-order valence-corrected chi connectivity index (χ1v) is 6.41. The molecule has 94 valence electrons. The Morgan fingerprint density at radius 2 is 1.28 bits per heavy atom. The van der Waals surface area contributed by atoms with Crippen LogP contribution in [0.1, 0.15) is 16.7 Å². The standard InChI is InChI=1S/C16H20N2/c17-11-10-14-6-8-16(9-7-14)13-18-12-15-4-2-1-3-5-15/h1-9,18H,10-13,17H2. The van der Waals surface area contributed by atoms with Crippen molar-refractivity contribution in [3.63, 3.8) is 0 Å². The summed E-state index contributed by atoms with van der Waals surface area (Å²) in [5, 5.41) is 3.44. The maximum Gasteiger partial charge on any atom is 0.0208 e. The highest BCUT2D eigenvalue weighted by Crippen LogP contribution is 2.05. The highest BCUT2D eigenvalue weighted by molar-refractivity contribution is 5.23. The lowest BCUT2D eigenvalue weighted by molar-refractivity contribution is 0.693. The average molecular weight is 240 g/mol. The van der Waals surface area contributed by atoms with E-state index < -0.39 is 0 Å². The lowest BCUT2D eigenvalue weighted by atomic mass is 10.1. The summed E-state index contributed by atoms with van der Waals surface area (Å²) in [6, 6.07) is 19.1. The topological polar surface area (TPSA) is 38.0 Å². The molecule has 2 rings (SSSR count). The number of nitrogens with one attached hydrogen (secondary N) is 1. The molecule has 0 aromatic heterocycles. The van der Waals surface area contributed by atoms with Crippen LogP contribution in [0.4, 0.5) is 0 Å². The van der Waals surface area contributed by atoms with Gasteiger partial charge in [0.1, 0.15) is 0 Å². The van der Waals surface area contributed by atoms with Crippen LogP contribution < -0.4 is 11.1 Å². The summed E-state index contributed by atoms with van der Waals surface area (Å²) < 4.78 is 0. The Bertz CT molecular complexity index is 448. The molecule has 0 aliphatic heterocycles. The fourth-order valence-corrected chi connectivity index (χ4v) is 1.94. The summed E-state index contributed by atoms with van der Waals surface area (Å²) in [4.78, 5) is 0. The Morgan fingerprint density at radius 3 is 1.89 bits per heavy atom. The highest BCUT2D eigenvalue weighted by Gasteiger charge is 1.95. The minimum Gasteiger partial charge on any atom is -0.330 e. The Labute approximate surface area is 109 Å². The summed E-state index contributed by atoms with van der Waals surface area (Å²) >= 11 is 0. The number of hydrogen-bond donors (Lipinski definition) is 2. The molecule has 0 aliphatic rings. The third kappa shape index (κ3) is 3.99. The maximum absolute atomic E-state index is 5.53. The molecule has 0 fully saturated rings. The van der Waals surface area contributed by atoms with Gasteiger partial charge in [-0.2, -0.15) is 0 Å². The van der Waals surface area contributed by atoms with Gasteiger partial charge in [0.25, 0.3) is 0 Å². The van der Waals surface area contributed by atoms with Gasteiger partial charge in [0.05, 0.1) is 0 Å². The third-order valence-electron chi connectivity index (χ3n) is 2.96. The van der Waals surface area contributed by atoms with Crippen LogP contribution in [0.2, 0.25) is 0 Å². The van der Waals surface area contributed by atoms with Crippen LogP contribution in [-0.4, -0.2) is 6.54 Å². The van der Waals surface area contributed by atoms with Crippen molar-refractivity contribution in [2.75, 3.05) is 6.54 Å². The second kappa shape index (κ2) is 6.94. The molecule has 2 aromatic rings. The number of rotatable bonds is 6. The summed E-state index contributed by atoms with van der Waals surface area (Å²) in [5.74, 6) is 0. The van der Waals surface area contributed by atoms with Crippen molar-refractivity contribution >= 4 is 0 Å². The van der Waals surface area contributed by atoms with E-state index in [0.717, 1.165) is 19.5 Å². The molecular formula is C16H20N2. The van der Waals surface area contributed by atoms with Crippen molar-refractivity contribution in [1.29, 1.82) is 0 Å². The molecule has 2 heteroatoms. The summed E-state index contributed by atoms with van der Waals surface area (Å²) in [5.41, 5.74) is 9.47. The van der Waals surface area contributed by atoms with E-state index in [4.69, 9.17) is 5.73 Å². The van der Waals surface area contributed by atoms with Gasteiger partial charge in [0.2, 0.25) is 0 Å². The van der Waals surface area contributed by atoms with Crippen LogP contribution in [-0.2, 0) is 19.5 Å². The van der Waals surface area contributed by atoms with Gasteiger partial charge < -0.3 is 11.1 Å². The zero-order valence-electron chi connectivity index (χ0n) is 10.6. The van der Waals surface area contributed by atoms with Gasteiger partial charge in [-0.1, -0.05) is 54.6 Å². The predicted octanol–water partition coefficient (Wildman–Crippen LogP) is 2.48. The van der Waals surface area contributed by atoms with E-state index in [0.29, 0.717) is 6.54 Å². The second-order valence-corrected chi connectivity index (χ2v) is 4.44. The molecule has 0 amide bonds. The quantitative estimate of drug-likeness (QED) is 0.814. The van der Waals surface area contributed by atoms with Crippen molar-refractivity contribution < 1.29 is 0 Å². The largest absolute Gasteiger partial charge is 0.330 e. The second-order valence-electron chi connectivity index (χ2n) is 4.44. The van der Waals surface area contributed by atoms with E-state index in [9.17, 15) is 0 Å². The molecule has 0 atom stereocenters. The van der Waals surface area contributed by atoms with Crippen molar-refractivity contribution in [2.45, 2.75) is 19.5 Å². The van der Waals surface area contributed by atoms with Crippen LogP contribution in [0.5, 0.6) is 0 Å². The molecule has 0 aliphatic carbocycles. The molecule has 0 saturated heterocycles. The summed E-state index contributed by atoms with van der Waals surface area (Å²) in [6.07, 6.45) is 0.956. The average Bonchev–Trinajstić information content (AvgIpc) is 2.42. The lowest BCUT2D eigenvalue weighted by Gasteiger charge is -2.06. The van der Waals surface area contributed by atoms with Crippen molar-refractivity contribution in [3.8, 4) is 0 Å². The van der Waals surface area contributed by atoms with Crippen LogP contribution in [0.15, 0.2) is 54.6 Å². The van der Waals surface area contributed by atoms with E-state index >= 15 is 0 Å². The van der Waals surface area contributed by atoms with Gasteiger partial charge in [-0.25, -0.2) is 0 Å². The van der Waals surface area contributed by atoms with Crippen LogP contribution >= 0.6 is 0 Å². The smallest absolute Gasteiger partial charge is 0.0208 e. The first-order chi connectivity index (χ1) is 8.88. The maximum atomic E-state index is 5.53. The van der Waals surface area contributed by atoms with Crippen molar-refractivity contribution in [1.82, 2.24) is 5.32 Å². The van der Waals surface area contributed by atoms with Crippen LogP contribution in [0.3, 0.4) is 0 Å². The Balaban J connectivity index is 1.80. The van der Waals surface area contributed by atoms with Gasteiger partial charge in [0, 0.05) is 13.1 Å². The van der Waals surface area contributed by atoms with Gasteiger partial charge in [-0.15, -0.1) is 0 Å². The SMILES string of the molecule is NCCc1ccc(CNCc2ccccc2)cc1. The Kier molecular flexibility index (Phi) is 4.94. The lowest BCUT2D eigenvalue weighted by Crippen LogP contribution is -2.12. The molecular weight excluding hydrogens is 220 g/mol. The molecule has 0 radical (unpaired) electrons. The molecule has 3 N–H and O–H groups in total. The summed E-state index contributed by atoms with van der Waals surface area (Å²) in [6.45, 7) is 2.52. The van der Waals surface area contributed by atoms with Gasteiger partial charge in [-0.05, 0) is 29.7 Å². The number of benzene rings is 2. The zero-order valence-corrected chi connectivity index (χ0v) is 10.6. The van der Waals surface area contributed by atoms with Gasteiger partial charge in [0.15, 0.2) is 0 Å². The fourth-order valence-electron chi connectivity index (χ4n) is 1.94. The van der Waals surface area contributed by atoms with E-state index in [-0.39, 0.29) is 0 Å². The molecule has 0 bridgehead atoms. The van der Waals surface area contributed by atoms with Gasteiger partial charge in [-0.3, -0.25) is 0 Å². The van der Waals surface area contributed by atoms with Gasteiger partial charge >= 0.3 is 0 Å². The zero-order chi connectivity index (χ0) is 12.6. The minimum atomic E-state index is 0.714. The minimum absolute atomic E-state index is 0.714. The molecule has 0 saturated carbocycles. The van der Waals surface area contributed by atoms with E-state index in [1.165, 1.54) is 16.7 Å². The number of hydrogen-bond acceptors (Lipinski definition) is 2. The molecule has 2 aromatic carbocycles. The van der Waals surface area contributed by atoms with E-state index in [1.807, 2.05) is 6.07 Å². The monoisotopic (exact) mass is 240 g/mol. The number of nitrogens with two attached hydrogens (primary N) is 1. The molecule has 18 heavy (non-hydrogen) atoms. The Hall–Kier alpha value is -1.64. The van der Waals surface area contributed by atoms with Crippen molar-refractivity contribution in [3.05, 3.63) is 71.3 Å². The summed E-state index contributed by atoms with van der Waals surface area (Å²) in [7, 11) is 0. The van der Waals surface area contributed by atoms with E-state index in [2.05, 4.69) is 53.8 Å². The molecule has 0 unspecified atom stereocenters. The Morgan fingerprint density at radius 1 is 0.722 bits per heavy atom. The van der Waals surface area contributed by atoms with Crippen molar-refractivity contribution in [2.24, 2.45) is 5.73 Å². The predicted molar refractivity (Wildman–Crippen MR) is 76.2 cm³/mol. The third-order valence-corrected chi connectivity index (χ3v) is 2.96. The normalized spacial score (nSPS) is 10.5. The van der Waals surface area contributed by atoms with Crippen LogP contribution in [0, 0.1) is 0 Å². The molecule has 0 heterocycles. The highest BCUT2D eigenvalue weighted by atomic mass is 14.8. The molecule has 2 nitrogen and oxygen atoms in total. The van der Waals surface area contributed by atoms with E-state index in [1.54, 1.807) is 0 Å². The first kappa shape index (κ1) is 12.8. The fraction of sp³-hybridized carbons (Fsp3) is 0.250. The molecule has 0 spiro atoms. The van der Waals surface area contributed by atoms with Crippen LogP contribution in [0.25, 0.3) is 0 Å².